The van der Waals surface area contributed by atoms with E-state index >= 15 is 0 Å². The fourth-order valence-electron chi connectivity index (χ4n) is 4.72. The molecule has 2 unspecified atom stereocenters. The minimum atomic E-state index is -0.898. The molecule has 280 valence electrons. The van der Waals surface area contributed by atoms with Crippen molar-refractivity contribution in [1.82, 2.24) is 10.6 Å². The fourth-order valence-corrected chi connectivity index (χ4v) is 4.72. The monoisotopic (exact) mass is 716 g/mol. The minimum Gasteiger partial charge on any atom is -0.458 e. The van der Waals surface area contributed by atoms with Crippen molar-refractivity contribution in [3.05, 3.63) is 120 Å². The summed E-state index contributed by atoms with van der Waals surface area (Å²) in [4.78, 5) is 49.0. The van der Waals surface area contributed by atoms with Crippen molar-refractivity contribution in [2.75, 3.05) is 43.5 Å². The van der Waals surface area contributed by atoms with Gasteiger partial charge in [-0.2, -0.15) is 0 Å². The number of esters is 1. The predicted molar refractivity (Wildman–Crippen MR) is 202 cm³/mol. The van der Waals surface area contributed by atoms with Gasteiger partial charge in [-0.05, 0) is 76.9 Å². The van der Waals surface area contributed by atoms with Crippen molar-refractivity contribution in [3.63, 3.8) is 0 Å². The van der Waals surface area contributed by atoms with Crippen LogP contribution in [0.15, 0.2) is 109 Å². The quantitative estimate of drug-likeness (QED) is 0.0180. The van der Waals surface area contributed by atoms with Gasteiger partial charge >= 0.3 is 18.2 Å². The van der Waals surface area contributed by atoms with Gasteiger partial charge in [-0.15, -0.1) is 0 Å². The summed E-state index contributed by atoms with van der Waals surface area (Å²) in [6.07, 6.45) is -2.83. The van der Waals surface area contributed by atoms with E-state index in [1.807, 2.05) is 120 Å². The van der Waals surface area contributed by atoms with Crippen LogP contribution in [0.1, 0.15) is 52.7 Å². The van der Waals surface area contributed by atoms with Crippen molar-refractivity contribution >= 4 is 29.5 Å². The zero-order valence-corrected chi connectivity index (χ0v) is 31.0. The first-order valence-electron chi connectivity index (χ1n) is 17.0. The smallest absolute Gasteiger partial charge is 0.408 e. The van der Waals surface area contributed by atoms with Crippen LogP contribution in [0.3, 0.4) is 0 Å². The van der Waals surface area contributed by atoms with Crippen molar-refractivity contribution in [3.8, 4) is 0 Å². The van der Waals surface area contributed by atoms with E-state index in [-0.39, 0.29) is 38.5 Å². The molecule has 52 heavy (non-hydrogen) atoms. The topological polar surface area (TPSA) is 145 Å². The second-order valence-electron chi connectivity index (χ2n) is 13.5. The molecule has 3 aromatic rings. The van der Waals surface area contributed by atoms with Crippen molar-refractivity contribution in [2.45, 2.75) is 64.8 Å². The number of benzene rings is 3. The molecule has 0 aliphatic carbocycles. The van der Waals surface area contributed by atoms with Crippen molar-refractivity contribution < 1.29 is 38.4 Å². The molecule has 0 heterocycles. The third kappa shape index (κ3) is 14.5. The van der Waals surface area contributed by atoms with Crippen LogP contribution in [-0.2, 0) is 39.9 Å². The van der Waals surface area contributed by atoms with Gasteiger partial charge in [0.05, 0.1) is 24.2 Å². The number of rotatable bonds is 20. The highest BCUT2D eigenvalue weighted by molar-refractivity contribution is 5.87. The van der Waals surface area contributed by atoms with E-state index < -0.39 is 41.4 Å². The van der Waals surface area contributed by atoms with E-state index in [9.17, 15) is 14.4 Å². The summed E-state index contributed by atoms with van der Waals surface area (Å²) in [6, 6.07) is 26.4. The van der Waals surface area contributed by atoms with Gasteiger partial charge < -0.3 is 35.5 Å². The number of nitrogens with one attached hydrogen (secondary N) is 4. The SMILES string of the molecule is C=C(C)COOCC(CNc1ccccc1)OC(=O)NC(C)(C)c1cccc(C(C)(C)NC(=O)OC(CNc2ccccc2)COC(=O)C(=C)C)c1. The summed E-state index contributed by atoms with van der Waals surface area (Å²) < 4.78 is 16.8. The maximum absolute atomic E-state index is 13.2. The Kier molecular flexibility index (Phi) is 15.7. The largest absolute Gasteiger partial charge is 0.458 e. The Bertz CT molecular complexity index is 1630. The molecule has 0 saturated carbocycles. The number of hydrogen-bond acceptors (Lipinski definition) is 10. The van der Waals surface area contributed by atoms with Gasteiger partial charge in [-0.25, -0.2) is 24.2 Å². The molecule has 0 spiro atoms. The van der Waals surface area contributed by atoms with Gasteiger partial charge in [0.1, 0.15) is 25.9 Å². The maximum Gasteiger partial charge on any atom is 0.408 e. The molecule has 0 aliphatic heterocycles. The summed E-state index contributed by atoms with van der Waals surface area (Å²) in [5.41, 5.74) is 2.46. The summed E-state index contributed by atoms with van der Waals surface area (Å²) in [6.45, 7) is 18.6. The Hall–Kier alpha value is -5.33. The molecular formula is C40H52N4O8. The lowest BCUT2D eigenvalue weighted by atomic mass is 9.87. The first-order chi connectivity index (χ1) is 24.6. The van der Waals surface area contributed by atoms with Gasteiger partial charge in [0.15, 0.2) is 6.10 Å². The van der Waals surface area contributed by atoms with E-state index in [4.69, 9.17) is 24.0 Å². The van der Waals surface area contributed by atoms with Crippen LogP contribution >= 0.6 is 0 Å². The molecule has 3 rings (SSSR count). The number of ether oxygens (including phenoxy) is 3. The molecule has 12 nitrogen and oxygen atoms in total. The van der Waals surface area contributed by atoms with E-state index in [2.05, 4.69) is 34.4 Å². The zero-order valence-electron chi connectivity index (χ0n) is 31.0. The van der Waals surface area contributed by atoms with E-state index in [1.165, 1.54) is 0 Å². The highest BCUT2D eigenvalue weighted by Gasteiger charge is 2.30. The highest BCUT2D eigenvalue weighted by atomic mass is 17.2. The number of carbonyl (C=O) groups is 3. The van der Waals surface area contributed by atoms with E-state index in [0.717, 1.165) is 28.1 Å². The Morgan fingerprint density at radius 1 is 0.654 bits per heavy atom. The summed E-state index contributed by atoms with van der Waals surface area (Å²) in [5, 5.41) is 12.3. The Morgan fingerprint density at radius 2 is 1.12 bits per heavy atom. The van der Waals surface area contributed by atoms with Gasteiger partial charge in [-0.3, -0.25) is 0 Å². The summed E-state index contributed by atoms with van der Waals surface area (Å²) in [7, 11) is 0. The molecule has 0 saturated heterocycles. The lowest BCUT2D eigenvalue weighted by molar-refractivity contribution is -0.297. The van der Waals surface area contributed by atoms with Gasteiger partial charge in [-0.1, -0.05) is 79.4 Å². The lowest BCUT2D eigenvalue weighted by Crippen LogP contribution is -2.45. The normalized spacial score (nSPS) is 12.4. The van der Waals surface area contributed by atoms with Crippen molar-refractivity contribution in [1.29, 1.82) is 0 Å². The third-order valence-corrected chi connectivity index (χ3v) is 7.69. The Balaban J connectivity index is 1.65. The second kappa shape index (κ2) is 19.9. The average molecular weight is 717 g/mol. The average Bonchev–Trinajstić information content (AvgIpc) is 3.10. The first kappa shape index (κ1) is 41.1. The number of carbonyl (C=O) groups excluding carboxylic acids is 3. The van der Waals surface area contributed by atoms with Crippen LogP contribution in [-0.4, -0.2) is 63.3 Å². The molecule has 3 aromatic carbocycles. The molecule has 0 aliphatic rings. The molecule has 12 heteroatoms. The molecule has 0 fully saturated rings. The summed E-state index contributed by atoms with van der Waals surface area (Å²) >= 11 is 0. The van der Waals surface area contributed by atoms with Gasteiger partial charge in [0.25, 0.3) is 0 Å². The molecule has 4 N–H and O–H groups in total. The number of anilines is 2. The van der Waals surface area contributed by atoms with Gasteiger partial charge in [0.2, 0.25) is 0 Å². The van der Waals surface area contributed by atoms with Crippen LogP contribution in [0.25, 0.3) is 0 Å². The van der Waals surface area contributed by atoms with Crippen molar-refractivity contribution in [2.24, 2.45) is 0 Å². The number of alkyl carbamates (subject to hydrolysis) is 2. The number of hydrogen-bond donors (Lipinski definition) is 4. The molecule has 0 aromatic heterocycles. The molecule has 2 atom stereocenters. The van der Waals surface area contributed by atoms with Crippen LogP contribution in [0.4, 0.5) is 21.0 Å². The van der Waals surface area contributed by atoms with E-state index in [0.29, 0.717) is 0 Å². The predicted octanol–water partition coefficient (Wildman–Crippen LogP) is 7.21. The highest BCUT2D eigenvalue weighted by Crippen LogP contribution is 2.27. The molecule has 0 radical (unpaired) electrons. The van der Waals surface area contributed by atoms with Gasteiger partial charge in [0, 0.05) is 16.9 Å². The zero-order chi connectivity index (χ0) is 38.1. The second-order valence-corrected chi connectivity index (χ2v) is 13.5. The van der Waals surface area contributed by atoms with Crippen LogP contribution in [0.2, 0.25) is 0 Å². The molecular weight excluding hydrogens is 664 g/mol. The first-order valence-corrected chi connectivity index (χ1v) is 17.0. The number of para-hydroxylation sites is 2. The Morgan fingerprint density at radius 3 is 1.56 bits per heavy atom. The van der Waals surface area contributed by atoms with Crippen LogP contribution < -0.4 is 21.3 Å². The minimum absolute atomic E-state index is 0.00803. The van der Waals surface area contributed by atoms with Crippen LogP contribution in [0, 0.1) is 0 Å². The van der Waals surface area contributed by atoms with E-state index in [1.54, 1.807) is 6.92 Å². The maximum atomic E-state index is 13.2. The lowest BCUT2D eigenvalue weighted by Gasteiger charge is -2.31. The van der Waals surface area contributed by atoms with Crippen LogP contribution in [0.5, 0.6) is 0 Å². The molecule has 0 bridgehead atoms. The molecule has 2 amide bonds. The fraction of sp³-hybridized carbons (Fsp3) is 0.375. The summed E-state index contributed by atoms with van der Waals surface area (Å²) in [5.74, 6) is -0.578. The third-order valence-electron chi connectivity index (χ3n) is 7.69. The Labute approximate surface area is 306 Å². The number of amides is 2. The standard InChI is InChI=1S/C40H52N4O8/c1-28(2)25-49-50-27-35(24-42-33-20-13-10-14-21-33)52-38(47)44-40(7,8)31-17-15-16-30(22-31)39(5,6)43-37(46)51-34(26-48-36(45)29(3)4)23-41-32-18-11-9-12-19-32/h9-22,34-35,41-42H,1,3,23-27H2,2,4-8H3,(H,43,46)(H,44,47).